The average molecular weight is 476 g/mol. The van der Waals surface area contributed by atoms with E-state index in [2.05, 4.69) is 15.0 Å². The second-order valence-corrected chi connectivity index (χ2v) is 9.42. The molecule has 3 N–H and O–H groups in total. The molecule has 1 unspecified atom stereocenters. The summed E-state index contributed by atoms with van der Waals surface area (Å²) in [7, 11) is 0. The van der Waals surface area contributed by atoms with Crippen molar-refractivity contribution < 1.29 is 24.4 Å². The number of hydrogen-bond donors (Lipinski definition) is 3. The Morgan fingerprint density at radius 2 is 1.97 bits per heavy atom. The largest absolute Gasteiger partial charge is 0.394 e. The molecule has 2 aliphatic heterocycles. The molecule has 0 amide bonds. The normalized spacial score (nSPS) is 28.3. The molecule has 0 bridgehead atoms. The van der Waals surface area contributed by atoms with Crippen LogP contribution in [0, 0.1) is 5.82 Å². The zero-order valence-corrected chi connectivity index (χ0v) is 18.4. The molecule has 1 aromatic carbocycles. The van der Waals surface area contributed by atoms with E-state index < -0.39 is 31.1 Å². The average Bonchev–Trinajstić information content (AvgIpc) is 3.57. The maximum Gasteiger partial charge on any atom is 0.226 e. The smallest absolute Gasteiger partial charge is 0.226 e. The molecule has 3 aliphatic rings. The Bertz CT molecular complexity index is 1230. The first kappa shape index (κ1) is 21.2. The maximum atomic E-state index is 15.1. The summed E-state index contributed by atoms with van der Waals surface area (Å²) >= 11 is 6.30. The van der Waals surface area contributed by atoms with Crippen LogP contribution in [0.15, 0.2) is 24.5 Å². The van der Waals surface area contributed by atoms with Gasteiger partial charge in [0.25, 0.3) is 0 Å². The van der Waals surface area contributed by atoms with Gasteiger partial charge in [0, 0.05) is 12.0 Å². The van der Waals surface area contributed by atoms with Gasteiger partial charge < -0.3 is 25.0 Å². The van der Waals surface area contributed by atoms with Crippen LogP contribution in [-0.4, -0.2) is 66.3 Å². The number of nitrogens with zero attached hydrogens (tertiary/aromatic N) is 5. The van der Waals surface area contributed by atoms with Crippen LogP contribution in [0.4, 0.5) is 15.9 Å². The Kier molecular flexibility index (Phi) is 4.86. The molecule has 4 atom stereocenters. The van der Waals surface area contributed by atoms with Crippen molar-refractivity contribution in [1.82, 2.24) is 19.5 Å². The van der Waals surface area contributed by atoms with Gasteiger partial charge in [-0.15, -0.1) is 0 Å². The molecule has 33 heavy (non-hydrogen) atoms. The first-order chi connectivity index (χ1) is 15.9. The highest BCUT2D eigenvalue weighted by Gasteiger charge is 2.48. The molecule has 3 aromatic rings. The molecular formula is C22H23ClFN5O4. The minimum absolute atomic E-state index is 0.0590. The Balaban J connectivity index is 1.49. The third-order valence-corrected chi connectivity index (χ3v) is 7.44. The molecule has 0 radical (unpaired) electrons. The van der Waals surface area contributed by atoms with Crippen molar-refractivity contribution in [1.29, 1.82) is 0 Å². The van der Waals surface area contributed by atoms with Gasteiger partial charge in [-0.1, -0.05) is 25.0 Å². The quantitative estimate of drug-likeness (QED) is 0.494. The number of hydrogen-bond acceptors (Lipinski definition) is 8. The van der Waals surface area contributed by atoms with E-state index in [1.807, 2.05) is 11.0 Å². The monoisotopic (exact) mass is 475 g/mol. The predicted octanol–water partition coefficient (Wildman–Crippen LogP) is 2.19. The number of halogens is 2. The van der Waals surface area contributed by atoms with Crippen molar-refractivity contribution in [3.05, 3.63) is 41.2 Å². The minimum Gasteiger partial charge on any atom is -0.394 e. The second kappa shape index (κ2) is 7.57. The van der Waals surface area contributed by atoms with Crippen molar-refractivity contribution in [3.8, 4) is 0 Å². The Labute approximate surface area is 193 Å². The number of rotatable bonds is 3. The fourth-order valence-electron chi connectivity index (χ4n) is 5.70. The van der Waals surface area contributed by atoms with Crippen molar-refractivity contribution in [2.24, 2.45) is 0 Å². The van der Waals surface area contributed by atoms with Crippen molar-refractivity contribution >= 4 is 34.3 Å². The van der Waals surface area contributed by atoms with Crippen molar-refractivity contribution in [2.45, 2.75) is 55.6 Å². The number of ether oxygens (including phenoxy) is 1. The van der Waals surface area contributed by atoms with E-state index >= 15 is 4.39 Å². The summed E-state index contributed by atoms with van der Waals surface area (Å²) in [5.74, 6) is 0.0488. The standard InChI is InChI=1S/C22H23ClFN5O4/c23-21-26-18(28-9-22(6-1-2-7-22)11-4-3-5-12(24)15(11)28)14-19(27-21)29(10-25-14)20-17(32)16(31)13(8-30)33-20/h3-5,10,13,16-17,20,30-32H,1-2,6-9H2/t13-,16?,17+,20-/m1/s1. The van der Waals surface area contributed by atoms with Gasteiger partial charge in [0.15, 0.2) is 23.2 Å². The van der Waals surface area contributed by atoms with Gasteiger partial charge in [0.1, 0.15) is 24.1 Å². The van der Waals surface area contributed by atoms with E-state index in [0.29, 0.717) is 23.6 Å². The Morgan fingerprint density at radius 1 is 1.18 bits per heavy atom. The number of aliphatic hydroxyl groups excluding tert-OH is 3. The number of fused-ring (bicyclic) bond motifs is 3. The van der Waals surface area contributed by atoms with Gasteiger partial charge in [-0.05, 0) is 36.1 Å². The predicted molar refractivity (Wildman–Crippen MR) is 117 cm³/mol. The first-order valence-corrected chi connectivity index (χ1v) is 11.4. The summed E-state index contributed by atoms with van der Waals surface area (Å²) in [4.78, 5) is 15.0. The molecule has 11 heteroatoms. The lowest BCUT2D eigenvalue weighted by Crippen LogP contribution is -2.33. The van der Waals surface area contributed by atoms with E-state index in [-0.39, 0.29) is 22.2 Å². The van der Waals surface area contributed by atoms with E-state index in [1.54, 1.807) is 6.07 Å². The minimum atomic E-state index is -1.30. The molecule has 174 valence electrons. The number of aromatic nitrogens is 4. The highest BCUT2D eigenvalue weighted by atomic mass is 35.5. The van der Waals surface area contributed by atoms with Gasteiger partial charge in [-0.3, -0.25) is 4.57 Å². The molecule has 2 aromatic heterocycles. The van der Waals surface area contributed by atoms with Crippen molar-refractivity contribution in [2.75, 3.05) is 18.1 Å². The van der Waals surface area contributed by atoms with Crippen LogP contribution in [0.5, 0.6) is 0 Å². The summed E-state index contributed by atoms with van der Waals surface area (Å²) in [5, 5.41) is 30.0. The van der Waals surface area contributed by atoms with Gasteiger partial charge in [0.2, 0.25) is 5.28 Å². The number of benzene rings is 1. The summed E-state index contributed by atoms with van der Waals surface area (Å²) in [6.07, 6.45) is 0.999. The maximum absolute atomic E-state index is 15.1. The zero-order chi connectivity index (χ0) is 22.9. The van der Waals surface area contributed by atoms with Gasteiger partial charge in [0.05, 0.1) is 18.6 Å². The van der Waals surface area contributed by atoms with Crippen LogP contribution in [0.2, 0.25) is 5.28 Å². The highest BCUT2D eigenvalue weighted by molar-refractivity contribution is 6.28. The third kappa shape index (κ3) is 3.01. The third-order valence-electron chi connectivity index (χ3n) is 7.27. The van der Waals surface area contributed by atoms with Gasteiger partial charge in [-0.25, -0.2) is 9.37 Å². The number of imidazole rings is 1. The van der Waals surface area contributed by atoms with Gasteiger partial charge >= 0.3 is 0 Å². The summed E-state index contributed by atoms with van der Waals surface area (Å²) in [6.45, 7) is 0.112. The lowest BCUT2D eigenvalue weighted by atomic mass is 9.81. The van der Waals surface area contributed by atoms with Crippen LogP contribution < -0.4 is 4.90 Å². The highest BCUT2D eigenvalue weighted by Crippen LogP contribution is 2.53. The molecule has 1 saturated heterocycles. The van der Waals surface area contributed by atoms with E-state index in [0.717, 1.165) is 31.2 Å². The number of anilines is 2. The Morgan fingerprint density at radius 3 is 2.70 bits per heavy atom. The molecule has 4 heterocycles. The van der Waals surface area contributed by atoms with Crippen LogP contribution in [0.25, 0.3) is 11.2 Å². The molecule has 9 nitrogen and oxygen atoms in total. The van der Waals surface area contributed by atoms with Crippen LogP contribution in [-0.2, 0) is 10.2 Å². The lowest BCUT2D eigenvalue weighted by molar-refractivity contribution is -0.0511. The van der Waals surface area contributed by atoms with E-state index in [9.17, 15) is 15.3 Å². The Hall–Kier alpha value is -2.37. The van der Waals surface area contributed by atoms with Gasteiger partial charge in [-0.2, -0.15) is 9.97 Å². The van der Waals surface area contributed by atoms with Crippen molar-refractivity contribution in [3.63, 3.8) is 0 Å². The van der Waals surface area contributed by atoms with Crippen LogP contribution >= 0.6 is 11.6 Å². The lowest BCUT2D eigenvalue weighted by Gasteiger charge is -2.25. The number of para-hydroxylation sites is 1. The van der Waals surface area contributed by atoms with E-state index in [1.165, 1.54) is 17.0 Å². The first-order valence-electron chi connectivity index (χ1n) is 11.0. The van der Waals surface area contributed by atoms with E-state index in [4.69, 9.17) is 16.3 Å². The molecule has 1 spiro atoms. The molecule has 2 fully saturated rings. The number of aliphatic hydroxyl groups is 3. The molecular weight excluding hydrogens is 453 g/mol. The van der Waals surface area contributed by atoms with Crippen LogP contribution in [0.3, 0.4) is 0 Å². The fourth-order valence-corrected chi connectivity index (χ4v) is 5.86. The topological polar surface area (TPSA) is 117 Å². The molecule has 1 saturated carbocycles. The van der Waals surface area contributed by atoms with Crippen LogP contribution in [0.1, 0.15) is 37.5 Å². The molecule has 1 aliphatic carbocycles. The zero-order valence-electron chi connectivity index (χ0n) is 17.6. The summed E-state index contributed by atoms with van der Waals surface area (Å²) in [5.41, 5.74) is 1.97. The SMILES string of the molecule is OC[C@H]1O[C@@H](n2cnc3c(N4CC5(CCCC5)c5cccc(F)c54)nc(Cl)nc32)[C@@H](O)C1O. The summed E-state index contributed by atoms with van der Waals surface area (Å²) < 4.78 is 22.2. The summed E-state index contributed by atoms with van der Waals surface area (Å²) in [6, 6.07) is 5.18. The second-order valence-electron chi connectivity index (χ2n) is 9.08. The fraction of sp³-hybridized carbons (Fsp3) is 0.500. The molecule has 6 rings (SSSR count).